The zero-order valence-electron chi connectivity index (χ0n) is 18.4. The Bertz CT molecular complexity index is 1050. The van der Waals surface area contributed by atoms with E-state index in [1.54, 1.807) is 22.7 Å². The number of hydrogen-bond acceptors (Lipinski definition) is 5. The van der Waals surface area contributed by atoms with Gasteiger partial charge in [0, 0.05) is 41.3 Å². The van der Waals surface area contributed by atoms with Crippen LogP contribution in [0.4, 0.5) is 0 Å². The molecule has 4 nitrogen and oxygen atoms in total. The molecule has 4 aromatic rings. The van der Waals surface area contributed by atoms with E-state index in [1.165, 1.54) is 21.7 Å². The molecule has 3 aromatic heterocycles. The van der Waals surface area contributed by atoms with Gasteiger partial charge in [0.2, 0.25) is 0 Å². The van der Waals surface area contributed by atoms with E-state index < -0.39 is 0 Å². The molecule has 0 bridgehead atoms. The number of imidazole rings is 1. The van der Waals surface area contributed by atoms with E-state index in [0.29, 0.717) is 17.8 Å². The summed E-state index contributed by atoms with van der Waals surface area (Å²) in [5.74, 6) is 2.52. The van der Waals surface area contributed by atoms with Crippen molar-refractivity contribution in [1.82, 2.24) is 19.5 Å². The quantitative estimate of drug-likeness (QED) is 0.264. The lowest BCUT2D eigenvalue weighted by atomic mass is 9.88. The molecule has 0 saturated heterocycles. The van der Waals surface area contributed by atoms with Gasteiger partial charge in [0.1, 0.15) is 5.82 Å². The van der Waals surface area contributed by atoms with Gasteiger partial charge in [-0.3, -0.25) is 4.98 Å². The molecule has 0 saturated carbocycles. The third-order valence-electron chi connectivity index (χ3n) is 5.95. The molecule has 6 heteroatoms. The second-order valence-corrected chi connectivity index (χ2v) is 10.2. The van der Waals surface area contributed by atoms with Gasteiger partial charge in [-0.15, -0.1) is 22.7 Å². The van der Waals surface area contributed by atoms with Crippen LogP contribution in [-0.4, -0.2) is 19.5 Å². The number of hydrogen-bond donors (Lipinski definition) is 0. The number of thiazole rings is 2. The first-order valence-corrected chi connectivity index (χ1v) is 12.8. The molecular weight excluding hydrogens is 420 g/mol. The molecule has 162 valence electrons. The molecule has 0 N–H and O–H groups in total. The van der Waals surface area contributed by atoms with Crippen LogP contribution in [0.2, 0.25) is 0 Å². The average molecular weight is 451 g/mol. The summed E-state index contributed by atoms with van der Waals surface area (Å²) in [6.07, 6.45) is 9.37. The predicted octanol–water partition coefficient (Wildman–Crippen LogP) is 6.88. The summed E-state index contributed by atoms with van der Waals surface area (Å²) in [6.45, 7) is 7.57. The molecule has 0 aliphatic heterocycles. The van der Waals surface area contributed by atoms with Gasteiger partial charge in [-0.05, 0) is 42.2 Å². The average Bonchev–Trinajstić information content (AvgIpc) is 3.54. The Morgan fingerprint density at radius 3 is 2.55 bits per heavy atom. The zero-order chi connectivity index (χ0) is 21.6. The highest BCUT2D eigenvalue weighted by atomic mass is 32.1. The Balaban J connectivity index is 1.52. The van der Waals surface area contributed by atoms with Crippen molar-refractivity contribution in [2.45, 2.75) is 64.3 Å². The molecule has 31 heavy (non-hydrogen) atoms. The van der Waals surface area contributed by atoms with E-state index >= 15 is 0 Å². The fraction of sp³-hybridized carbons (Fsp3) is 0.400. The number of rotatable bonds is 10. The van der Waals surface area contributed by atoms with Crippen LogP contribution in [0.15, 0.2) is 59.3 Å². The number of nitrogens with zero attached hydrogens (tertiary/aromatic N) is 4. The van der Waals surface area contributed by atoms with Gasteiger partial charge in [-0.1, -0.05) is 45.0 Å². The van der Waals surface area contributed by atoms with Crippen LogP contribution in [-0.2, 0) is 13.0 Å². The standard InChI is InChI=1S/C25H30N4S2/c1-18(2)25-27-10-11-29(25)14-22-7-5-4-6-20(22)12-21(24-13-26-16-31-24)9-8-19(3)23-15-30-17-28-23/h4-7,10-11,13,15-19,21H,8-9,12,14H2,1-3H3. The van der Waals surface area contributed by atoms with Crippen LogP contribution in [0.1, 0.15) is 78.9 Å². The molecule has 0 radical (unpaired) electrons. The van der Waals surface area contributed by atoms with Crippen molar-refractivity contribution in [3.63, 3.8) is 0 Å². The molecule has 0 fully saturated rings. The summed E-state index contributed by atoms with van der Waals surface area (Å²) >= 11 is 3.46. The largest absolute Gasteiger partial charge is 0.330 e. The van der Waals surface area contributed by atoms with E-state index in [-0.39, 0.29) is 0 Å². The molecule has 2 atom stereocenters. The van der Waals surface area contributed by atoms with Gasteiger partial charge in [0.05, 0.1) is 16.7 Å². The summed E-state index contributed by atoms with van der Waals surface area (Å²) in [6, 6.07) is 8.87. The third kappa shape index (κ3) is 5.49. The smallest absolute Gasteiger partial charge is 0.111 e. The topological polar surface area (TPSA) is 43.6 Å². The highest BCUT2D eigenvalue weighted by Gasteiger charge is 2.19. The van der Waals surface area contributed by atoms with Crippen molar-refractivity contribution < 1.29 is 0 Å². The maximum atomic E-state index is 4.57. The highest BCUT2D eigenvalue weighted by Crippen LogP contribution is 2.33. The Morgan fingerprint density at radius 2 is 1.84 bits per heavy atom. The predicted molar refractivity (Wildman–Crippen MR) is 130 cm³/mol. The lowest BCUT2D eigenvalue weighted by molar-refractivity contribution is 0.541. The van der Waals surface area contributed by atoms with E-state index in [0.717, 1.165) is 31.6 Å². The Hall–Kier alpha value is -2.31. The van der Waals surface area contributed by atoms with Crippen LogP contribution in [0.5, 0.6) is 0 Å². The van der Waals surface area contributed by atoms with Crippen molar-refractivity contribution in [2.75, 3.05) is 0 Å². The van der Waals surface area contributed by atoms with E-state index in [2.05, 4.69) is 82.3 Å². The molecule has 1 aromatic carbocycles. The number of benzene rings is 1. The minimum Gasteiger partial charge on any atom is -0.330 e. The molecule has 0 amide bonds. The summed E-state index contributed by atoms with van der Waals surface area (Å²) in [5.41, 5.74) is 7.91. The maximum absolute atomic E-state index is 4.57. The first-order chi connectivity index (χ1) is 15.1. The van der Waals surface area contributed by atoms with Crippen LogP contribution in [0.25, 0.3) is 0 Å². The Labute approximate surface area is 193 Å². The molecule has 3 heterocycles. The summed E-state index contributed by atoms with van der Waals surface area (Å²) in [4.78, 5) is 14.8. The molecule has 4 rings (SSSR count). The monoisotopic (exact) mass is 450 g/mol. The molecule has 0 aliphatic rings. The SMILES string of the molecule is CC(C)c1nccn1Cc1ccccc1CC(CCC(C)c1cscn1)c1cncs1. The van der Waals surface area contributed by atoms with Crippen LogP contribution in [0.3, 0.4) is 0 Å². The highest BCUT2D eigenvalue weighted by molar-refractivity contribution is 7.09. The molecule has 0 aliphatic carbocycles. The van der Waals surface area contributed by atoms with Gasteiger partial charge in [-0.2, -0.15) is 0 Å². The second kappa shape index (κ2) is 10.3. The van der Waals surface area contributed by atoms with Gasteiger partial charge < -0.3 is 4.57 Å². The fourth-order valence-corrected chi connectivity index (χ4v) is 5.59. The van der Waals surface area contributed by atoms with Crippen LogP contribution in [0, 0.1) is 0 Å². The van der Waals surface area contributed by atoms with E-state index in [9.17, 15) is 0 Å². The van der Waals surface area contributed by atoms with Gasteiger partial charge in [0.25, 0.3) is 0 Å². The first-order valence-electron chi connectivity index (χ1n) is 11.0. The lowest BCUT2D eigenvalue weighted by Gasteiger charge is -2.20. The van der Waals surface area contributed by atoms with E-state index in [4.69, 9.17) is 0 Å². The summed E-state index contributed by atoms with van der Waals surface area (Å²) in [5, 5.41) is 2.18. The maximum Gasteiger partial charge on any atom is 0.111 e. The van der Waals surface area contributed by atoms with Crippen molar-refractivity contribution in [3.8, 4) is 0 Å². The van der Waals surface area contributed by atoms with Crippen molar-refractivity contribution >= 4 is 22.7 Å². The minimum atomic E-state index is 0.416. The Kier molecular flexibility index (Phi) is 7.30. The third-order valence-corrected chi connectivity index (χ3v) is 7.49. The molecular formula is C25H30N4S2. The number of aromatic nitrogens is 4. The Morgan fingerprint density at radius 1 is 1.00 bits per heavy atom. The van der Waals surface area contributed by atoms with Crippen LogP contribution >= 0.6 is 22.7 Å². The van der Waals surface area contributed by atoms with Gasteiger partial charge >= 0.3 is 0 Å². The van der Waals surface area contributed by atoms with Crippen molar-refractivity contribution in [1.29, 1.82) is 0 Å². The summed E-state index contributed by atoms with van der Waals surface area (Å²) in [7, 11) is 0. The van der Waals surface area contributed by atoms with Crippen LogP contribution < -0.4 is 0 Å². The van der Waals surface area contributed by atoms with Gasteiger partial charge in [-0.25, -0.2) is 9.97 Å². The second-order valence-electron chi connectivity index (χ2n) is 8.53. The zero-order valence-corrected chi connectivity index (χ0v) is 20.1. The van der Waals surface area contributed by atoms with Crippen molar-refractivity contribution in [2.24, 2.45) is 0 Å². The fourth-order valence-electron chi connectivity index (χ4n) is 4.15. The first kappa shape index (κ1) is 21.9. The van der Waals surface area contributed by atoms with Crippen molar-refractivity contribution in [3.05, 3.63) is 86.8 Å². The minimum absolute atomic E-state index is 0.416. The summed E-state index contributed by atoms with van der Waals surface area (Å²) < 4.78 is 2.29. The normalized spacial score (nSPS) is 13.5. The van der Waals surface area contributed by atoms with Gasteiger partial charge in [0.15, 0.2) is 0 Å². The molecule has 2 unspecified atom stereocenters. The molecule has 0 spiro atoms. The lowest BCUT2D eigenvalue weighted by Crippen LogP contribution is -2.10. The van der Waals surface area contributed by atoms with E-state index in [1.807, 2.05) is 17.2 Å².